The molecule has 1 heterocycles. The molecule has 1 unspecified atom stereocenters. The maximum atomic E-state index is 10.2. The summed E-state index contributed by atoms with van der Waals surface area (Å²) in [6, 6.07) is 0. The Morgan fingerprint density at radius 3 is 2.92 bits per heavy atom. The Morgan fingerprint density at radius 2 is 2.50 bits per heavy atom. The first-order chi connectivity index (χ1) is 5.59. The number of rotatable bonds is 3. The summed E-state index contributed by atoms with van der Waals surface area (Å²) in [4.78, 5) is 10.2. The van der Waals surface area contributed by atoms with Crippen molar-refractivity contribution in [2.75, 3.05) is 0 Å². The molecule has 1 aromatic rings. The topological polar surface area (TPSA) is 88.2 Å². The lowest BCUT2D eigenvalue weighted by atomic mass is 10.2. The first-order valence-electron chi connectivity index (χ1n) is 3.35. The number of hydrogen-bond acceptors (Lipinski definition) is 4. The van der Waals surface area contributed by atoms with Gasteiger partial charge in [0.25, 0.3) is 0 Å². The minimum absolute atomic E-state index is 0.0107. The van der Waals surface area contributed by atoms with Gasteiger partial charge < -0.3 is 10.2 Å². The lowest BCUT2D eigenvalue weighted by molar-refractivity contribution is -0.146. The number of aliphatic hydroxyl groups is 1. The number of aliphatic hydroxyl groups excluding tert-OH is 1. The molecule has 0 aromatic carbocycles. The molecule has 6 heteroatoms. The number of hydrogen-bond donors (Lipinski definition) is 2. The second kappa shape index (κ2) is 3.31. The summed E-state index contributed by atoms with van der Waals surface area (Å²) < 4.78 is 1.45. The molecule has 0 fully saturated rings. The highest BCUT2D eigenvalue weighted by Crippen LogP contribution is 1.97. The fraction of sp³-hybridized carbons (Fsp3) is 0.500. The summed E-state index contributed by atoms with van der Waals surface area (Å²) in [5.41, 5.74) is 0.465. The minimum atomic E-state index is -1.40. The van der Waals surface area contributed by atoms with Crippen molar-refractivity contribution in [3.05, 3.63) is 11.9 Å². The third kappa shape index (κ3) is 2.03. The highest BCUT2D eigenvalue weighted by Gasteiger charge is 2.15. The van der Waals surface area contributed by atoms with Crippen LogP contribution in [0.4, 0.5) is 0 Å². The molecule has 0 saturated heterocycles. The van der Waals surface area contributed by atoms with Gasteiger partial charge in [-0.05, 0) is 0 Å². The molecule has 0 saturated carbocycles. The Labute approximate surface area is 68.4 Å². The van der Waals surface area contributed by atoms with Crippen LogP contribution in [0.5, 0.6) is 0 Å². The van der Waals surface area contributed by atoms with Crippen molar-refractivity contribution in [2.24, 2.45) is 7.05 Å². The molecular formula is C6H9N3O3. The average Bonchev–Trinajstić information content (AvgIpc) is 2.35. The van der Waals surface area contributed by atoms with Crippen LogP contribution in [0.1, 0.15) is 5.69 Å². The van der Waals surface area contributed by atoms with Crippen LogP contribution in [-0.4, -0.2) is 37.3 Å². The van der Waals surface area contributed by atoms with Crippen LogP contribution in [0.2, 0.25) is 0 Å². The standard InChI is InChI=1S/C6H9N3O3/c1-9-3-4(7-8-9)2-5(10)6(11)12/h3,5,10H,2H2,1H3,(H,11,12). The van der Waals surface area contributed by atoms with Gasteiger partial charge in [0.1, 0.15) is 0 Å². The van der Waals surface area contributed by atoms with E-state index in [0.29, 0.717) is 5.69 Å². The smallest absolute Gasteiger partial charge is 0.332 e. The first kappa shape index (κ1) is 8.66. The van der Waals surface area contributed by atoms with E-state index in [0.717, 1.165) is 0 Å². The molecular weight excluding hydrogens is 162 g/mol. The van der Waals surface area contributed by atoms with Crippen molar-refractivity contribution >= 4 is 5.97 Å². The van der Waals surface area contributed by atoms with E-state index in [9.17, 15) is 4.79 Å². The lowest BCUT2D eigenvalue weighted by Crippen LogP contribution is -2.22. The minimum Gasteiger partial charge on any atom is -0.479 e. The summed E-state index contributed by atoms with van der Waals surface area (Å²) in [5.74, 6) is -1.25. The number of aryl methyl sites for hydroxylation is 1. The van der Waals surface area contributed by atoms with E-state index < -0.39 is 12.1 Å². The molecule has 1 atom stereocenters. The second-order valence-electron chi connectivity index (χ2n) is 2.44. The summed E-state index contributed by atoms with van der Waals surface area (Å²) in [5, 5.41) is 24.5. The number of aliphatic carboxylic acids is 1. The van der Waals surface area contributed by atoms with E-state index in [1.807, 2.05) is 0 Å². The van der Waals surface area contributed by atoms with Crippen molar-refractivity contribution in [1.29, 1.82) is 0 Å². The van der Waals surface area contributed by atoms with Gasteiger partial charge >= 0.3 is 5.97 Å². The molecule has 1 rings (SSSR count). The molecule has 0 spiro atoms. The fourth-order valence-corrected chi connectivity index (χ4v) is 0.774. The number of carboxylic acids is 1. The lowest BCUT2D eigenvalue weighted by Gasteiger charge is -1.99. The van der Waals surface area contributed by atoms with Crippen LogP contribution < -0.4 is 0 Å². The van der Waals surface area contributed by atoms with Crippen LogP contribution in [-0.2, 0) is 18.3 Å². The predicted molar refractivity (Wildman–Crippen MR) is 38.3 cm³/mol. The Balaban J connectivity index is 2.58. The van der Waals surface area contributed by atoms with E-state index in [4.69, 9.17) is 10.2 Å². The molecule has 0 bridgehead atoms. The second-order valence-corrected chi connectivity index (χ2v) is 2.44. The number of carboxylic acid groups (broad SMARTS) is 1. The fourth-order valence-electron chi connectivity index (χ4n) is 0.774. The monoisotopic (exact) mass is 171 g/mol. The summed E-state index contributed by atoms with van der Waals surface area (Å²) >= 11 is 0. The Morgan fingerprint density at radius 1 is 1.83 bits per heavy atom. The van der Waals surface area contributed by atoms with E-state index in [1.54, 1.807) is 13.2 Å². The van der Waals surface area contributed by atoms with E-state index >= 15 is 0 Å². The van der Waals surface area contributed by atoms with Crippen molar-refractivity contribution in [3.8, 4) is 0 Å². The van der Waals surface area contributed by atoms with Crippen molar-refractivity contribution in [3.63, 3.8) is 0 Å². The van der Waals surface area contributed by atoms with E-state index in [-0.39, 0.29) is 6.42 Å². The summed E-state index contributed by atoms with van der Waals surface area (Å²) in [6.45, 7) is 0. The van der Waals surface area contributed by atoms with Crippen molar-refractivity contribution in [2.45, 2.75) is 12.5 Å². The Kier molecular flexibility index (Phi) is 2.39. The van der Waals surface area contributed by atoms with Gasteiger partial charge in [-0.3, -0.25) is 4.68 Å². The first-order valence-corrected chi connectivity index (χ1v) is 3.35. The van der Waals surface area contributed by atoms with Gasteiger partial charge in [-0.25, -0.2) is 4.79 Å². The SMILES string of the molecule is Cn1cc(CC(O)C(=O)O)nn1. The molecule has 66 valence electrons. The van der Waals surface area contributed by atoms with E-state index in [2.05, 4.69) is 10.3 Å². The molecule has 2 N–H and O–H groups in total. The molecule has 0 aliphatic heterocycles. The maximum Gasteiger partial charge on any atom is 0.332 e. The van der Waals surface area contributed by atoms with Gasteiger partial charge in [0.05, 0.1) is 5.69 Å². The zero-order chi connectivity index (χ0) is 9.14. The highest BCUT2D eigenvalue weighted by atomic mass is 16.4. The van der Waals surface area contributed by atoms with Crippen molar-refractivity contribution < 1.29 is 15.0 Å². The number of carbonyl (C=O) groups is 1. The van der Waals surface area contributed by atoms with Gasteiger partial charge in [0.2, 0.25) is 0 Å². The Hall–Kier alpha value is -1.43. The van der Waals surface area contributed by atoms with Crippen LogP contribution in [0.3, 0.4) is 0 Å². The maximum absolute atomic E-state index is 10.2. The zero-order valence-corrected chi connectivity index (χ0v) is 6.51. The van der Waals surface area contributed by atoms with Gasteiger partial charge in [-0.15, -0.1) is 5.10 Å². The van der Waals surface area contributed by atoms with Crippen LogP contribution >= 0.6 is 0 Å². The molecule has 6 nitrogen and oxygen atoms in total. The largest absolute Gasteiger partial charge is 0.479 e. The third-order valence-electron chi connectivity index (χ3n) is 1.34. The quantitative estimate of drug-likeness (QED) is 0.596. The summed E-state index contributed by atoms with van der Waals surface area (Å²) in [7, 11) is 1.67. The average molecular weight is 171 g/mol. The third-order valence-corrected chi connectivity index (χ3v) is 1.34. The predicted octanol–water partition coefficient (Wildman–Crippen LogP) is -1.20. The van der Waals surface area contributed by atoms with Gasteiger partial charge in [-0.2, -0.15) is 0 Å². The van der Waals surface area contributed by atoms with Crippen LogP contribution in [0, 0.1) is 0 Å². The highest BCUT2D eigenvalue weighted by molar-refractivity contribution is 5.72. The molecule has 0 radical (unpaired) electrons. The molecule has 0 aliphatic rings. The van der Waals surface area contributed by atoms with Crippen molar-refractivity contribution in [1.82, 2.24) is 15.0 Å². The molecule has 0 aliphatic carbocycles. The van der Waals surface area contributed by atoms with Gasteiger partial charge in [0.15, 0.2) is 6.10 Å². The molecule has 0 amide bonds. The Bertz CT molecular complexity index is 283. The van der Waals surface area contributed by atoms with Gasteiger partial charge in [0, 0.05) is 19.7 Å². The normalized spacial score (nSPS) is 12.8. The van der Waals surface area contributed by atoms with Gasteiger partial charge in [-0.1, -0.05) is 5.21 Å². The molecule has 12 heavy (non-hydrogen) atoms. The number of aromatic nitrogens is 3. The summed E-state index contributed by atoms with van der Waals surface area (Å²) in [6.07, 6.45) is 0.150. The van der Waals surface area contributed by atoms with Crippen LogP contribution in [0.25, 0.3) is 0 Å². The zero-order valence-electron chi connectivity index (χ0n) is 6.51. The molecule has 1 aromatic heterocycles. The van der Waals surface area contributed by atoms with Crippen LogP contribution in [0.15, 0.2) is 6.20 Å². The number of nitrogens with zero attached hydrogens (tertiary/aromatic N) is 3. The van der Waals surface area contributed by atoms with E-state index in [1.165, 1.54) is 4.68 Å².